The average Bonchev–Trinajstić information content (AvgIpc) is 2.32. The standard InChI is InChI=1S/C9H17NO/c1-8(2)7-11-9(8)4-5-10(3)6-9/h4-7H2,1-3H3. The Morgan fingerprint density at radius 2 is 2.09 bits per heavy atom. The Morgan fingerprint density at radius 1 is 1.36 bits per heavy atom. The van der Waals surface area contributed by atoms with Crippen molar-refractivity contribution in [2.24, 2.45) is 5.41 Å². The average molecular weight is 155 g/mol. The van der Waals surface area contributed by atoms with Crippen molar-refractivity contribution in [1.29, 1.82) is 0 Å². The molecule has 0 amide bonds. The van der Waals surface area contributed by atoms with Crippen molar-refractivity contribution < 1.29 is 4.74 Å². The van der Waals surface area contributed by atoms with Crippen LogP contribution in [0, 0.1) is 5.41 Å². The summed E-state index contributed by atoms with van der Waals surface area (Å²) in [6, 6.07) is 0. The van der Waals surface area contributed by atoms with Crippen LogP contribution in [0.1, 0.15) is 20.3 Å². The topological polar surface area (TPSA) is 12.5 Å². The zero-order valence-corrected chi connectivity index (χ0v) is 7.68. The summed E-state index contributed by atoms with van der Waals surface area (Å²) in [7, 11) is 2.17. The zero-order valence-electron chi connectivity index (χ0n) is 7.68. The van der Waals surface area contributed by atoms with Crippen LogP contribution in [-0.2, 0) is 4.74 Å². The highest BCUT2D eigenvalue weighted by Crippen LogP contribution is 2.49. The molecule has 2 fully saturated rings. The molecular weight excluding hydrogens is 138 g/mol. The van der Waals surface area contributed by atoms with Crippen LogP contribution in [0.3, 0.4) is 0 Å². The summed E-state index contributed by atoms with van der Waals surface area (Å²) in [5, 5.41) is 0. The zero-order chi connectivity index (χ0) is 8.11. The molecule has 0 aromatic rings. The Bertz CT molecular complexity index is 178. The summed E-state index contributed by atoms with van der Waals surface area (Å²) < 4.78 is 5.72. The van der Waals surface area contributed by atoms with Gasteiger partial charge >= 0.3 is 0 Å². The smallest absolute Gasteiger partial charge is 0.0893 e. The quantitative estimate of drug-likeness (QED) is 0.519. The van der Waals surface area contributed by atoms with Crippen molar-refractivity contribution in [3.63, 3.8) is 0 Å². The molecule has 1 unspecified atom stereocenters. The molecule has 2 saturated heterocycles. The van der Waals surface area contributed by atoms with Crippen LogP contribution in [0.5, 0.6) is 0 Å². The van der Waals surface area contributed by atoms with Gasteiger partial charge in [0.25, 0.3) is 0 Å². The molecule has 0 aliphatic carbocycles. The van der Waals surface area contributed by atoms with Gasteiger partial charge in [0, 0.05) is 18.5 Å². The van der Waals surface area contributed by atoms with Crippen LogP contribution < -0.4 is 0 Å². The van der Waals surface area contributed by atoms with Gasteiger partial charge in [-0.05, 0) is 13.5 Å². The van der Waals surface area contributed by atoms with Crippen LogP contribution in [0.25, 0.3) is 0 Å². The molecule has 2 heterocycles. The number of likely N-dealkylation sites (tertiary alicyclic amines) is 1. The van der Waals surface area contributed by atoms with E-state index in [9.17, 15) is 0 Å². The minimum absolute atomic E-state index is 0.210. The molecule has 1 atom stereocenters. The van der Waals surface area contributed by atoms with Gasteiger partial charge in [-0.1, -0.05) is 13.8 Å². The maximum Gasteiger partial charge on any atom is 0.0893 e. The minimum Gasteiger partial charge on any atom is -0.372 e. The summed E-state index contributed by atoms with van der Waals surface area (Å²) in [4.78, 5) is 2.36. The van der Waals surface area contributed by atoms with Gasteiger partial charge in [-0.3, -0.25) is 0 Å². The largest absolute Gasteiger partial charge is 0.372 e. The van der Waals surface area contributed by atoms with E-state index in [1.54, 1.807) is 0 Å². The van der Waals surface area contributed by atoms with E-state index in [0.717, 1.165) is 13.2 Å². The van der Waals surface area contributed by atoms with Crippen molar-refractivity contribution in [2.75, 3.05) is 26.7 Å². The third-order valence-corrected chi connectivity index (χ3v) is 3.37. The molecule has 2 heteroatoms. The van der Waals surface area contributed by atoms with Crippen molar-refractivity contribution >= 4 is 0 Å². The molecule has 1 spiro atoms. The molecule has 2 aliphatic rings. The van der Waals surface area contributed by atoms with Crippen molar-refractivity contribution in [3.05, 3.63) is 0 Å². The molecule has 0 radical (unpaired) electrons. The van der Waals surface area contributed by atoms with Gasteiger partial charge in [-0.25, -0.2) is 0 Å². The van der Waals surface area contributed by atoms with E-state index in [1.807, 2.05) is 0 Å². The Hall–Kier alpha value is -0.0800. The van der Waals surface area contributed by atoms with E-state index in [0.29, 0.717) is 5.41 Å². The lowest BCUT2D eigenvalue weighted by Gasteiger charge is -2.53. The predicted octanol–water partition coefficient (Wildman–Crippen LogP) is 1.12. The van der Waals surface area contributed by atoms with Crippen LogP contribution >= 0.6 is 0 Å². The van der Waals surface area contributed by atoms with Crippen LogP contribution in [0.4, 0.5) is 0 Å². The van der Waals surface area contributed by atoms with Gasteiger partial charge < -0.3 is 9.64 Å². The van der Waals surface area contributed by atoms with E-state index in [1.165, 1.54) is 13.0 Å². The van der Waals surface area contributed by atoms with Crippen molar-refractivity contribution in [3.8, 4) is 0 Å². The van der Waals surface area contributed by atoms with Gasteiger partial charge in [0.1, 0.15) is 0 Å². The number of hydrogen-bond acceptors (Lipinski definition) is 2. The van der Waals surface area contributed by atoms with Gasteiger partial charge in [0.15, 0.2) is 0 Å². The summed E-state index contributed by atoms with van der Waals surface area (Å²) >= 11 is 0. The molecule has 2 nitrogen and oxygen atoms in total. The number of hydrogen-bond donors (Lipinski definition) is 0. The first-order valence-electron chi connectivity index (χ1n) is 4.38. The van der Waals surface area contributed by atoms with Gasteiger partial charge in [-0.2, -0.15) is 0 Å². The van der Waals surface area contributed by atoms with Crippen molar-refractivity contribution in [1.82, 2.24) is 4.90 Å². The highest BCUT2D eigenvalue weighted by molar-refractivity contribution is 5.07. The maximum atomic E-state index is 5.72. The number of ether oxygens (including phenoxy) is 1. The van der Waals surface area contributed by atoms with Crippen LogP contribution in [-0.4, -0.2) is 37.2 Å². The van der Waals surface area contributed by atoms with Gasteiger partial charge in [0.05, 0.1) is 12.2 Å². The van der Waals surface area contributed by atoms with Crippen LogP contribution in [0.2, 0.25) is 0 Å². The first-order valence-corrected chi connectivity index (χ1v) is 4.38. The lowest BCUT2D eigenvalue weighted by Crippen LogP contribution is -2.61. The number of rotatable bonds is 0. The first-order chi connectivity index (χ1) is 5.06. The molecule has 0 N–H and O–H groups in total. The Labute approximate surface area is 68.5 Å². The highest BCUT2D eigenvalue weighted by atomic mass is 16.5. The molecular formula is C9H17NO. The molecule has 11 heavy (non-hydrogen) atoms. The monoisotopic (exact) mass is 155 g/mol. The third-order valence-electron chi connectivity index (χ3n) is 3.37. The minimum atomic E-state index is 0.210. The maximum absolute atomic E-state index is 5.72. The Balaban J connectivity index is 2.13. The second kappa shape index (κ2) is 1.99. The van der Waals surface area contributed by atoms with Crippen molar-refractivity contribution in [2.45, 2.75) is 25.9 Å². The van der Waals surface area contributed by atoms with E-state index in [2.05, 4.69) is 25.8 Å². The molecule has 0 aromatic carbocycles. The molecule has 0 aromatic heterocycles. The van der Waals surface area contributed by atoms with Crippen LogP contribution in [0.15, 0.2) is 0 Å². The molecule has 0 bridgehead atoms. The van der Waals surface area contributed by atoms with E-state index in [-0.39, 0.29) is 5.60 Å². The SMILES string of the molecule is CN1CCC2(C1)OCC2(C)C. The summed E-state index contributed by atoms with van der Waals surface area (Å²) in [5.41, 5.74) is 0.625. The third kappa shape index (κ3) is 0.859. The first kappa shape index (κ1) is 7.56. The summed E-state index contributed by atoms with van der Waals surface area (Å²) in [5.74, 6) is 0. The Kier molecular flexibility index (Phi) is 1.37. The second-order valence-corrected chi connectivity index (χ2v) is 4.65. The normalized spacial score (nSPS) is 42.8. The van der Waals surface area contributed by atoms with E-state index < -0.39 is 0 Å². The fourth-order valence-electron chi connectivity index (χ4n) is 2.20. The molecule has 64 valence electrons. The summed E-state index contributed by atoms with van der Waals surface area (Å²) in [6.45, 7) is 7.90. The molecule has 0 saturated carbocycles. The lowest BCUT2D eigenvalue weighted by atomic mass is 9.70. The number of nitrogens with zero attached hydrogens (tertiary/aromatic N) is 1. The van der Waals surface area contributed by atoms with Gasteiger partial charge in [-0.15, -0.1) is 0 Å². The lowest BCUT2D eigenvalue weighted by molar-refractivity contribution is -0.243. The van der Waals surface area contributed by atoms with Gasteiger partial charge in [0.2, 0.25) is 0 Å². The predicted molar refractivity (Wildman–Crippen MR) is 44.6 cm³/mol. The fraction of sp³-hybridized carbons (Fsp3) is 1.00. The number of likely N-dealkylation sites (N-methyl/N-ethyl adjacent to an activating group) is 1. The second-order valence-electron chi connectivity index (χ2n) is 4.65. The highest BCUT2D eigenvalue weighted by Gasteiger charge is 2.57. The summed E-state index contributed by atoms with van der Waals surface area (Å²) in [6.07, 6.45) is 1.22. The molecule has 2 rings (SSSR count). The molecule has 2 aliphatic heterocycles. The van der Waals surface area contributed by atoms with E-state index in [4.69, 9.17) is 4.74 Å². The fourth-order valence-corrected chi connectivity index (χ4v) is 2.20. The van der Waals surface area contributed by atoms with E-state index >= 15 is 0 Å². The Morgan fingerprint density at radius 3 is 2.27 bits per heavy atom.